The van der Waals surface area contributed by atoms with Crippen LogP contribution < -0.4 is 14.8 Å². The molecule has 0 bridgehead atoms. The van der Waals surface area contributed by atoms with Crippen LogP contribution in [0.4, 0.5) is 4.39 Å². The lowest BCUT2D eigenvalue weighted by Gasteiger charge is -2.36. The van der Waals surface area contributed by atoms with Crippen molar-refractivity contribution >= 4 is 11.8 Å². The molecule has 0 saturated heterocycles. The Hall–Kier alpha value is -3.61. The number of rotatable bonds is 7. The summed E-state index contributed by atoms with van der Waals surface area (Å²) in [5, 5.41) is 3.34. The van der Waals surface area contributed by atoms with E-state index in [0.717, 1.165) is 11.3 Å². The van der Waals surface area contributed by atoms with Gasteiger partial charge in [0.1, 0.15) is 5.82 Å². The first kappa shape index (κ1) is 25.5. The number of Topliss-reactive ketones (excluding diaryl/α,β-unsaturated/α-hetero) is 1. The van der Waals surface area contributed by atoms with Crippen LogP contribution in [0.15, 0.2) is 65.0 Å². The topological polar surface area (TPSA) is 73.9 Å². The molecule has 36 heavy (non-hydrogen) atoms. The largest absolute Gasteiger partial charge is 0.493 e. The molecule has 2 atom stereocenters. The predicted molar refractivity (Wildman–Crippen MR) is 134 cm³/mol. The van der Waals surface area contributed by atoms with Gasteiger partial charge in [-0.3, -0.25) is 4.79 Å². The van der Waals surface area contributed by atoms with Gasteiger partial charge in [-0.2, -0.15) is 0 Å². The Morgan fingerprint density at radius 2 is 1.69 bits per heavy atom. The van der Waals surface area contributed by atoms with Crippen LogP contribution in [0.5, 0.6) is 11.5 Å². The van der Waals surface area contributed by atoms with Gasteiger partial charge >= 0.3 is 5.97 Å². The quantitative estimate of drug-likeness (QED) is 0.521. The average Bonchev–Trinajstić information content (AvgIpc) is 2.86. The molecule has 0 radical (unpaired) electrons. The second-order valence-corrected chi connectivity index (χ2v) is 9.68. The standard InChI is InChI=1S/C29H32FNO5/c1-16(2)15-36-29(33)26-17(3)31-22-12-20(19-8-11-24(34-4)25(14-19)35-5)13-23(32)28(22)27(26)18-6-9-21(30)10-7-18/h6-11,14,16,20,27,31H,12-13,15H2,1-5H3/t20-,27+/m0/s1. The number of ether oxygens (including phenoxy) is 3. The fraction of sp³-hybridized carbons (Fsp3) is 0.379. The van der Waals surface area contributed by atoms with Crippen LogP contribution in [-0.2, 0) is 14.3 Å². The molecule has 1 N–H and O–H groups in total. The molecule has 2 aromatic carbocycles. The van der Waals surface area contributed by atoms with Crippen LogP contribution >= 0.6 is 0 Å². The van der Waals surface area contributed by atoms with Crippen molar-refractivity contribution in [1.29, 1.82) is 0 Å². The van der Waals surface area contributed by atoms with E-state index in [0.29, 0.717) is 40.3 Å². The third-order valence-electron chi connectivity index (χ3n) is 6.68. The van der Waals surface area contributed by atoms with E-state index in [9.17, 15) is 14.0 Å². The van der Waals surface area contributed by atoms with Crippen molar-refractivity contribution in [3.05, 3.63) is 81.9 Å². The SMILES string of the molecule is COc1ccc([C@@H]2CC(=O)C3=C(C2)NC(C)=C(C(=O)OCC(C)C)[C@H]3c2ccc(F)cc2)cc1OC. The number of esters is 1. The Bertz CT molecular complexity index is 1230. The molecule has 6 nitrogen and oxygen atoms in total. The summed E-state index contributed by atoms with van der Waals surface area (Å²) in [4.78, 5) is 26.9. The average molecular weight is 494 g/mol. The van der Waals surface area contributed by atoms with Crippen LogP contribution in [0, 0.1) is 11.7 Å². The van der Waals surface area contributed by atoms with Gasteiger partial charge in [-0.05, 0) is 60.6 Å². The van der Waals surface area contributed by atoms with Crippen molar-refractivity contribution in [3.8, 4) is 11.5 Å². The molecule has 0 unspecified atom stereocenters. The lowest BCUT2D eigenvalue weighted by atomic mass is 9.71. The highest BCUT2D eigenvalue weighted by Gasteiger charge is 2.41. The number of carbonyl (C=O) groups is 2. The zero-order valence-electron chi connectivity index (χ0n) is 21.3. The van der Waals surface area contributed by atoms with Crippen molar-refractivity contribution < 1.29 is 28.2 Å². The molecule has 1 heterocycles. The second kappa shape index (κ2) is 10.6. The first-order valence-electron chi connectivity index (χ1n) is 12.1. The van der Waals surface area contributed by atoms with E-state index in [1.54, 1.807) is 26.4 Å². The number of dihydropyridines is 1. The van der Waals surface area contributed by atoms with Gasteiger partial charge in [0.05, 0.1) is 26.4 Å². The molecule has 190 valence electrons. The number of allylic oxidation sites excluding steroid dienone is 3. The van der Waals surface area contributed by atoms with E-state index in [-0.39, 0.29) is 36.5 Å². The van der Waals surface area contributed by atoms with Crippen LogP contribution in [0.25, 0.3) is 0 Å². The summed E-state index contributed by atoms with van der Waals surface area (Å²) < 4.78 is 30.1. The fourth-order valence-electron chi connectivity index (χ4n) is 4.96. The lowest BCUT2D eigenvalue weighted by Crippen LogP contribution is -2.36. The fourth-order valence-corrected chi connectivity index (χ4v) is 4.96. The third kappa shape index (κ3) is 5.01. The Morgan fingerprint density at radius 3 is 2.33 bits per heavy atom. The lowest BCUT2D eigenvalue weighted by molar-refractivity contribution is -0.140. The summed E-state index contributed by atoms with van der Waals surface area (Å²) in [6.07, 6.45) is 0.862. The zero-order valence-corrected chi connectivity index (χ0v) is 21.3. The van der Waals surface area contributed by atoms with E-state index >= 15 is 0 Å². The van der Waals surface area contributed by atoms with Crippen molar-refractivity contribution in [2.75, 3.05) is 20.8 Å². The first-order chi connectivity index (χ1) is 17.2. The van der Waals surface area contributed by atoms with E-state index in [4.69, 9.17) is 14.2 Å². The minimum absolute atomic E-state index is 0.0560. The van der Waals surface area contributed by atoms with Gasteiger partial charge in [-0.25, -0.2) is 9.18 Å². The third-order valence-corrected chi connectivity index (χ3v) is 6.68. The molecule has 7 heteroatoms. The number of benzene rings is 2. The molecule has 1 aliphatic carbocycles. The van der Waals surface area contributed by atoms with Crippen LogP contribution in [-0.4, -0.2) is 32.6 Å². The van der Waals surface area contributed by atoms with E-state index in [1.807, 2.05) is 39.0 Å². The van der Waals surface area contributed by atoms with Gasteiger partial charge < -0.3 is 19.5 Å². The number of halogens is 1. The Morgan fingerprint density at radius 1 is 1.03 bits per heavy atom. The minimum atomic E-state index is -0.625. The summed E-state index contributed by atoms with van der Waals surface area (Å²) in [5.74, 6) is -0.198. The smallest absolute Gasteiger partial charge is 0.336 e. The van der Waals surface area contributed by atoms with Gasteiger partial charge in [-0.15, -0.1) is 0 Å². The molecule has 0 aromatic heterocycles. The monoisotopic (exact) mass is 493 g/mol. The summed E-state index contributed by atoms with van der Waals surface area (Å²) in [7, 11) is 3.16. The Balaban J connectivity index is 1.74. The first-order valence-corrected chi connectivity index (χ1v) is 12.1. The minimum Gasteiger partial charge on any atom is -0.493 e. The van der Waals surface area contributed by atoms with Crippen LogP contribution in [0.2, 0.25) is 0 Å². The molecule has 2 aliphatic rings. The molecule has 0 saturated carbocycles. The molecule has 0 spiro atoms. The maximum atomic E-state index is 13.7. The van der Waals surface area contributed by atoms with Crippen LogP contribution in [0.3, 0.4) is 0 Å². The van der Waals surface area contributed by atoms with Crippen molar-refractivity contribution in [1.82, 2.24) is 5.32 Å². The second-order valence-electron chi connectivity index (χ2n) is 9.68. The van der Waals surface area contributed by atoms with Crippen molar-refractivity contribution in [2.45, 2.75) is 45.4 Å². The molecule has 0 fully saturated rings. The van der Waals surface area contributed by atoms with Crippen LogP contribution in [0.1, 0.15) is 56.6 Å². The van der Waals surface area contributed by atoms with Crippen molar-refractivity contribution in [2.24, 2.45) is 5.92 Å². The van der Waals surface area contributed by atoms with Crippen molar-refractivity contribution in [3.63, 3.8) is 0 Å². The molecule has 2 aromatic rings. The number of nitrogens with one attached hydrogen (secondary N) is 1. The number of hydrogen-bond acceptors (Lipinski definition) is 6. The summed E-state index contributed by atoms with van der Waals surface area (Å²) in [6, 6.07) is 11.7. The molecule has 4 rings (SSSR count). The van der Waals surface area contributed by atoms with E-state index in [2.05, 4.69) is 5.32 Å². The highest BCUT2D eigenvalue weighted by Crippen LogP contribution is 2.46. The highest BCUT2D eigenvalue weighted by molar-refractivity contribution is 6.04. The summed E-state index contributed by atoms with van der Waals surface area (Å²) >= 11 is 0. The molecule has 0 amide bonds. The Labute approximate surface area is 211 Å². The maximum Gasteiger partial charge on any atom is 0.336 e. The number of carbonyl (C=O) groups excluding carboxylic acids is 2. The zero-order chi connectivity index (χ0) is 26.0. The van der Waals surface area contributed by atoms with Gasteiger partial charge in [-0.1, -0.05) is 32.0 Å². The van der Waals surface area contributed by atoms with E-state index < -0.39 is 11.9 Å². The maximum absolute atomic E-state index is 13.7. The highest BCUT2D eigenvalue weighted by atomic mass is 19.1. The number of methoxy groups -OCH3 is 2. The van der Waals surface area contributed by atoms with Gasteiger partial charge in [0.15, 0.2) is 17.3 Å². The summed E-state index contributed by atoms with van der Waals surface area (Å²) in [5.41, 5.74) is 3.99. The molecule has 1 aliphatic heterocycles. The number of ketones is 1. The molecular formula is C29H32FNO5. The summed E-state index contributed by atoms with van der Waals surface area (Å²) in [6.45, 7) is 6.01. The van der Waals surface area contributed by atoms with Gasteiger partial charge in [0, 0.05) is 29.3 Å². The normalized spacial score (nSPS) is 19.7. The molecular weight excluding hydrogens is 461 g/mol. The predicted octanol–water partition coefficient (Wildman–Crippen LogP) is 5.40. The van der Waals surface area contributed by atoms with E-state index in [1.165, 1.54) is 12.1 Å². The Kier molecular flexibility index (Phi) is 7.48. The van der Waals surface area contributed by atoms with Gasteiger partial charge in [0.25, 0.3) is 0 Å². The van der Waals surface area contributed by atoms with Gasteiger partial charge in [0.2, 0.25) is 0 Å². The number of hydrogen-bond donors (Lipinski definition) is 1.